The lowest BCUT2D eigenvalue weighted by Crippen LogP contribution is -2.35. The molecule has 2 unspecified atom stereocenters. The largest absolute Gasteiger partial charge is 0.426 e. The number of carbonyl (C=O) groups excluding carboxylic acids is 2. The van der Waals surface area contributed by atoms with Crippen LogP contribution in [0.2, 0.25) is 0 Å². The van der Waals surface area contributed by atoms with Gasteiger partial charge >= 0.3 is 0 Å². The molecular weight excluding hydrogens is 225 g/mol. The number of nitrogens with one attached hydrogen (secondary N) is 1. The Kier molecular flexibility index (Phi) is 3.37. The lowest BCUT2D eigenvalue weighted by atomic mass is 9.90. The number of benzene rings is 1. The van der Waals surface area contributed by atoms with Gasteiger partial charge in [-0.1, -0.05) is 18.2 Å². The first-order valence-corrected chi connectivity index (χ1v) is 5.31. The predicted molar refractivity (Wildman–Crippen MR) is 59.2 cm³/mol. The van der Waals surface area contributed by atoms with Crippen LogP contribution in [0.3, 0.4) is 0 Å². The minimum absolute atomic E-state index is 0.0488. The lowest BCUT2D eigenvalue weighted by Gasteiger charge is -2.25. The minimum Gasteiger partial charge on any atom is -0.426 e. The maximum Gasteiger partial charge on any atom is 0.299 e. The first-order valence-electron chi connectivity index (χ1n) is 5.31. The van der Waals surface area contributed by atoms with Gasteiger partial charge in [0.2, 0.25) is 5.78 Å². The van der Waals surface area contributed by atoms with Gasteiger partial charge < -0.3 is 10.1 Å². The smallest absolute Gasteiger partial charge is 0.299 e. The molecular formula is C12H12FNO3. The van der Waals surface area contributed by atoms with Crippen LogP contribution in [0.1, 0.15) is 5.56 Å². The van der Waals surface area contributed by atoms with Crippen LogP contribution in [0, 0.1) is 5.92 Å². The molecule has 1 aliphatic heterocycles. The van der Waals surface area contributed by atoms with E-state index >= 15 is 0 Å². The van der Waals surface area contributed by atoms with Crippen molar-refractivity contribution < 1.29 is 18.7 Å². The summed E-state index contributed by atoms with van der Waals surface area (Å²) >= 11 is 0. The van der Waals surface area contributed by atoms with Crippen molar-refractivity contribution >= 4 is 17.9 Å². The van der Waals surface area contributed by atoms with Gasteiger partial charge in [-0.05, 0) is 18.1 Å². The van der Waals surface area contributed by atoms with E-state index in [-0.39, 0.29) is 6.47 Å². The third kappa shape index (κ3) is 2.43. The van der Waals surface area contributed by atoms with E-state index in [4.69, 9.17) is 0 Å². The van der Waals surface area contributed by atoms with Crippen molar-refractivity contribution in [1.29, 1.82) is 0 Å². The molecule has 1 aromatic rings. The van der Waals surface area contributed by atoms with Gasteiger partial charge in [0.25, 0.3) is 12.8 Å². The zero-order valence-corrected chi connectivity index (χ0v) is 9.06. The van der Waals surface area contributed by atoms with Crippen molar-refractivity contribution in [3.63, 3.8) is 0 Å². The molecule has 17 heavy (non-hydrogen) atoms. The quantitative estimate of drug-likeness (QED) is 0.802. The highest BCUT2D eigenvalue weighted by Crippen LogP contribution is 2.25. The van der Waals surface area contributed by atoms with Gasteiger partial charge in [0.15, 0.2) is 0 Å². The average Bonchev–Trinajstić information content (AvgIpc) is 2.37. The predicted octanol–water partition coefficient (Wildman–Crippen LogP) is 1.31. The van der Waals surface area contributed by atoms with Gasteiger partial charge in [-0.2, -0.15) is 4.39 Å². The van der Waals surface area contributed by atoms with Crippen LogP contribution >= 0.6 is 0 Å². The van der Waals surface area contributed by atoms with E-state index in [1.807, 2.05) is 24.3 Å². The van der Waals surface area contributed by atoms with E-state index in [1.165, 1.54) is 0 Å². The molecule has 0 saturated carbocycles. The van der Waals surface area contributed by atoms with E-state index in [0.29, 0.717) is 13.0 Å². The summed E-state index contributed by atoms with van der Waals surface area (Å²) in [4.78, 5) is 21.6. The van der Waals surface area contributed by atoms with Crippen LogP contribution in [0.15, 0.2) is 24.3 Å². The second kappa shape index (κ2) is 4.95. The van der Waals surface area contributed by atoms with Crippen molar-refractivity contribution in [2.75, 3.05) is 11.9 Å². The first-order chi connectivity index (χ1) is 8.22. The van der Waals surface area contributed by atoms with E-state index in [2.05, 4.69) is 10.1 Å². The Morgan fingerprint density at radius 3 is 3.06 bits per heavy atom. The molecule has 90 valence electrons. The zero-order valence-electron chi connectivity index (χ0n) is 9.06. The molecule has 2 atom stereocenters. The number of hydrogen-bond acceptors (Lipinski definition) is 4. The molecule has 0 bridgehead atoms. The summed E-state index contributed by atoms with van der Waals surface area (Å²) in [6.07, 6.45) is -1.70. The average molecular weight is 237 g/mol. The van der Waals surface area contributed by atoms with Crippen molar-refractivity contribution in [3.05, 3.63) is 29.8 Å². The summed E-state index contributed by atoms with van der Waals surface area (Å²) < 4.78 is 17.1. The van der Waals surface area contributed by atoms with Crippen LogP contribution in [0.5, 0.6) is 0 Å². The van der Waals surface area contributed by atoms with Gasteiger partial charge in [0, 0.05) is 18.2 Å². The van der Waals surface area contributed by atoms with E-state index in [9.17, 15) is 14.0 Å². The number of para-hydroxylation sites is 1. The summed E-state index contributed by atoms with van der Waals surface area (Å²) in [5.41, 5.74) is 1.93. The molecule has 0 saturated heterocycles. The summed E-state index contributed by atoms with van der Waals surface area (Å²) in [6, 6.07) is 7.55. The summed E-state index contributed by atoms with van der Waals surface area (Å²) in [6.45, 7) is 0.311. The number of ketones is 1. The van der Waals surface area contributed by atoms with Crippen molar-refractivity contribution in [2.45, 2.75) is 12.8 Å². The molecule has 0 fully saturated rings. The highest BCUT2D eigenvalue weighted by atomic mass is 19.1. The lowest BCUT2D eigenvalue weighted by molar-refractivity contribution is -0.156. The molecule has 1 aromatic carbocycles. The van der Waals surface area contributed by atoms with Gasteiger partial charge in [0.1, 0.15) is 0 Å². The molecule has 0 aliphatic carbocycles. The van der Waals surface area contributed by atoms with Crippen molar-refractivity contribution in [3.8, 4) is 0 Å². The highest BCUT2D eigenvalue weighted by Gasteiger charge is 2.30. The van der Waals surface area contributed by atoms with Gasteiger partial charge in [0.05, 0.1) is 0 Å². The van der Waals surface area contributed by atoms with Gasteiger partial charge in [-0.15, -0.1) is 0 Å². The topological polar surface area (TPSA) is 55.4 Å². The number of alkyl halides is 1. The second-order valence-electron chi connectivity index (χ2n) is 3.89. The number of Topliss-reactive ketones (excluding diaryl/α,β-unsaturated/α-hetero) is 1. The van der Waals surface area contributed by atoms with E-state index in [1.54, 1.807) is 0 Å². The van der Waals surface area contributed by atoms with Crippen LogP contribution in [-0.4, -0.2) is 25.2 Å². The van der Waals surface area contributed by atoms with E-state index in [0.717, 1.165) is 11.3 Å². The standard InChI is InChI=1S/C12H12FNO3/c13-12(17-7-15)11(16)9-5-8-3-1-2-4-10(8)14-6-9/h1-4,7,9,12,14H,5-6H2. The molecule has 0 amide bonds. The Hall–Kier alpha value is -1.91. The normalized spacial score (nSPS) is 19.7. The Morgan fingerprint density at radius 1 is 1.53 bits per heavy atom. The fraction of sp³-hybridized carbons (Fsp3) is 0.333. The Labute approximate surface area is 97.8 Å². The molecule has 5 heteroatoms. The van der Waals surface area contributed by atoms with E-state index < -0.39 is 18.1 Å². The highest BCUT2D eigenvalue weighted by molar-refractivity contribution is 5.86. The summed E-state index contributed by atoms with van der Waals surface area (Å²) in [5.74, 6) is -1.20. The molecule has 0 aromatic heterocycles. The monoisotopic (exact) mass is 237 g/mol. The number of halogens is 1. The molecule has 2 rings (SSSR count). The molecule has 1 aliphatic rings. The third-order valence-electron chi connectivity index (χ3n) is 2.82. The van der Waals surface area contributed by atoms with Gasteiger partial charge in [-0.3, -0.25) is 9.59 Å². The third-order valence-corrected chi connectivity index (χ3v) is 2.82. The Morgan fingerprint density at radius 2 is 2.29 bits per heavy atom. The molecule has 0 radical (unpaired) electrons. The van der Waals surface area contributed by atoms with Crippen LogP contribution in [-0.2, 0) is 20.7 Å². The second-order valence-corrected chi connectivity index (χ2v) is 3.89. The number of rotatable bonds is 4. The number of carbonyl (C=O) groups is 2. The molecule has 1 N–H and O–H groups in total. The van der Waals surface area contributed by atoms with Crippen molar-refractivity contribution in [2.24, 2.45) is 5.92 Å². The zero-order chi connectivity index (χ0) is 12.3. The SMILES string of the molecule is O=COC(F)C(=O)C1CNc2ccccc2C1. The van der Waals surface area contributed by atoms with Gasteiger partial charge in [-0.25, -0.2) is 0 Å². The minimum atomic E-state index is -2.16. The fourth-order valence-electron chi connectivity index (χ4n) is 1.94. The fourth-order valence-corrected chi connectivity index (χ4v) is 1.94. The first kappa shape index (κ1) is 11.6. The molecule has 4 nitrogen and oxygen atoms in total. The number of fused-ring (bicyclic) bond motifs is 1. The number of hydrogen-bond donors (Lipinski definition) is 1. The molecule has 1 heterocycles. The van der Waals surface area contributed by atoms with Crippen molar-refractivity contribution in [1.82, 2.24) is 0 Å². The Bertz CT molecular complexity index is 436. The number of ether oxygens (including phenoxy) is 1. The van der Waals surface area contributed by atoms with Crippen LogP contribution in [0.25, 0.3) is 0 Å². The number of anilines is 1. The molecule has 0 spiro atoms. The maximum absolute atomic E-state index is 13.1. The van der Waals surface area contributed by atoms with Crippen LogP contribution < -0.4 is 5.32 Å². The Balaban J connectivity index is 2.07. The van der Waals surface area contributed by atoms with Crippen LogP contribution in [0.4, 0.5) is 10.1 Å². The summed E-state index contributed by atoms with van der Waals surface area (Å²) in [7, 11) is 0. The maximum atomic E-state index is 13.1. The summed E-state index contributed by atoms with van der Waals surface area (Å²) in [5, 5.41) is 3.06.